The summed E-state index contributed by atoms with van der Waals surface area (Å²) in [5, 5.41) is 6.59. The number of nitrogens with zero attached hydrogens (tertiary/aromatic N) is 2. The van der Waals surface area contributed by atoms with Crippen molar-refractivity contribution < 1.29 is 23.5 Å². The van der Waals surface area contributed by atoms with E-state index in [4.69, 9.17) is 15.2 Å². The molecule has 0 unspecified atom stereocenters. The Bertz CT molecular complexity index is 1010. The number of methoxy groups -OCH3 is 1. The molecule has 28 heavy (non-hydrogen) atoms. The van der Waals surface area contributed by atoms with Crippen LogP contribution in [0.3, 0.4) is 0 Å². The van der Waals surface area contributed by atoms with Gasteiger partial charge in [0, 0.05) is 23.6 Å². The maximum Gasteiger partial charge on any atom is 0.255 e. The predicted molar refractivity (Wildman–Crippen MR) is 99.2 cm³/mol. The lowest BCUT2D eigenvalue weighted by atomic mass is 10.1. The van der Waals surface area contributed by atoms with Crippen LogP contribution in [0.4, 0.5) is 10.1 Å². The molecule has 9 heteroatoms. The van der Waals surface area contributed by atoms with Crippen LogP contribution in [-0.4, -0.2) is 35.3 Å². The number of carbonyl (C=O) groups excluding carboxylic acids is 2. The predicted octanol–water partition coefficient (Wildman–Crippen LogP) is 2.14. The van der Waals surface area contributed by atoms with Crippen molar-refractivity contribution in [1.29, 1.82) is 0 Å². The standard InChI is InChI=1S/C19H17FN4O4/c1-27-17-9-12(3-6-16(17)28-11-18(21)25)19(26)23-13-4-5-15(14(20)10-13)24-8-2-7-22-24/h2-10H,11H2,1H3,(H2,21,25)(H,23,26). The lowest BCUT2D eigenvalue weighted by molar-refractivity contribution is -0.119. The van der Waals surface area contributed by atoms with Gasteiger partial charge in [-0.1, -0.05) is 0 Å². The number of halogens is 1. The highest BCUT2D eigenvalue weighted by Gasteiger charge is 2.13. The van der Waals surface area contributed by atoms with Crippen LogP contribution in [0.25, 0.3) is 5.69 Å². The van der Waals surface area contributed by atoms with Crippen LogP contribution in [0.2, 0.25) is 0 Å². The summed E-state index contributed by atoms with van der Waals surface area (Å²) in [4.78, 5) is 23.3. The minimum atomic E-state index is -0.635. The smallest absolute Gasteiger partial charge is 0.255 e. The van der Waals surface area contributed by atoms with Gasteiger partial charge in [-0.3, -0.25) is 9.59 Å². The molecule has 144 valence electrons. The number of nitrogens with two attached hydrogens (primary N) is 1. The van der Waals surface area contributed by atoms with Gasteiger partial charge in [0.25, 0.3) is 11.8 Å². The number of rotatable bonds is 7. The highest BCUT2D eigenvalue weighted by atomic mass is 19.1. The van der Waals surface area contributed by atoms with Gasteiger partial charge in [-0.2, -0.15) is 5.10 Å². The van der Waals surface area contributed by atoms with E-state index < -0.39 is 17.6 Å². The molecule has 3 aromatic rings. The molecule has 3 N–H and O–H groups in total. The largest absolute Gasteiger partial charge is 0.493 e. The van der Waals surface area contributed by atoms with E-state index in [1.807, 2.05) is 0 Å². The Morgan fingerprint density at radius 1 is 1.21 bits per heavy atom. The number of amides is 2. The Balaban J connectivity index is 1.75. The van der Waals surface area contributed by atoms with Crippen LogP contribution in [0, 0.1) is 5.82 Å². The van der Waals surface area contributed by atoms with E-state index in [1.165, 1.54) is 42.1 Å². The Labute approximate surface area is 159 Å². The molecule has 0 saturated carbocycles. The number of aromatic nitrogens is 2. The van der Waals surface area contributed by atoms with Crippen molar-refractivity contribution in [3.63, 3.8) is 0 Å². The van der Waals surface area contributed by atoms with E-state index in [-0.39, 0.29) is 35.0 Å². The second kappa shape index (κ2) is 8.21. The Morgan fingerprint density at radius 2 is 2.04 bits per heavy atom. The van der Waals surface area contributed by atoms with Gasteiger partial charge in [0.05, 0.1) is 7.11 Å². The zero-order valence-corrected chi connectivity index (χ0v) is 14.9. The third-order valence-corrected chi connectivity index (χ3v) is 3.75. The van der Waals surface area contributed by atoms with Crippen molar-refractivity contribution in [2.45, 2.75) is 0 Å². The average Bonchev–Trinajstić information content (AvgIpc) is 3.20. The van der Waals surface area contributed by atoms with E-state index in [0.717, 1.165) is 0 Å². The monoisotopic (exact) mass is 384 g/mol. The molecule has 0 saturated heterocycles. The first-order valence-corrected chi connectivity index (χ1v) is 8.18. The Kier molecular flexibility index (Phi) is 5.54. The lowest BCUT2D eigenvalue weighted by Crippen LogP contribution is -2.20. The van der Waals surface area contributed by atoms with Gasteiger partial charge in [-0.05, 0) is 42.5 Å². The van der Waals surface area contributed by atoms with Crippen molar-refractivity contribution >= 4 is 17.5 Å². The maximum absolute atomic E-state index is 14.3. The van der Waals surface area contributed by atoms with Crippen molar-refractivity contribution in [3.05, 3.63) is 66.2 Å². The second-order valence-corrected chi connectivity index (χ2v) is 5.69. The number of nitrogens with one attached hydrogen (secondary N) is 1. The first-order valence-electron chi connectivity index (χ1n) is 8.18. The summed E-state index contributed by atoms with van der Waals surface area (Å²) < 4.78 is 26.1. The number of hydrogen-bond acceptors (Lipinski definition) is 5. The molecule has 0 aliphatic carbocycles. The quantitative estimate of drug-likeness (QED) is 0.649. The number of primary amides is 1. The summed E-state index contributed by atoms with van der Waals surface area (Å²) in [6.07, 6.45) is 3.16. The topological polar surface area (TPSA) is 108 Å². The number of carbonyl (C=O) groups is 2. The molecule has 1 aromatic heterocycles. The molecule has 1 heterocycles. The second-order valence-electron chi connectivity index (χ2n) is 5.69. The number of benzene rings is 2. The van der Waals surface area contributed by atoms with Crippen molar-refractivity contribution in [3.8, 4) is 17.2 Å². The summed E-state index contributed by atoms with van der Waals surface area (Å²) in [6.45, 7) is -0.316. The van der Waals surface area contributed by atoms with Gasteiger partial charge in [0.1, 0.15) is 5.69 Å². The third-order valence-electron chi connectivity index (χ3n) is 3.75. The molecular formula is C19H17FN4O4. The van der Waals surface area contributed by atoms with Crippen LogP contribution >= 0.6 is 0 Å². The fourth-order valence-electron chi connectivity index (χ4n) is 2.46. The van der Waals surface area contributed by atoms with Crippen LogP contribution in [0.1, 0.15) is 10.4 Å². The van der Waals surface area contributed by atoms with Crippen LogP contribution < -0.4 is 20.5 Å². The van der Waals surface area contributed by atoms with E-state index >= 15 is 0 Å². The molecule has 2 aromatic carbocycles. The summed E-state index contributed by atoms with van der Waals surface area (Å²) >= 11 is 0. The molecule has 3 rings (SSSR count). The van der Waals surface area contributed by atoms with E-state index in [9.17, 15) is 14.0 Å². The highest BCUT2D eigenvalue weighted by molar-refractivity contribution is 6.04. The highest BCUT2D eigenvalue weighted by Crippen LogP contribution is 2.28. The van der Waals surface area contributed by atoms with Gasteiger partial charge < -0.3 is 20.5 Å². The number of ether oxygens (including phenoxy) is 2. The number of hydrogen-bond donors (Lipinski definition) is 2. The van der Waals surface area contributed by atoms with Gasteiger partial charge in [-0.25, -0.2) is 9.07 Å². The van der Waals surface area contributed by atoms with Gasteiger partial charge in [-0.15, -0.1) is 0 Å². The van der Waals surface area contributed by atoms with Gasteiger partial charge in [0.15, 0.2) is 23.9 Å². The zero-order chi connectivity index (χ0) is 20.1. The minimum absolute atomic E-state index is 0.258. The van der Waals surface area contributed by atoms with Crippen molar-refractivity contribution in [2.24, 2.45) is 5.73 Å². The fourth-order valence-corrected chi connectivity index (χ4v) is 2.46. The molecule has 2 amide bonds. The summed E-state index contributed by atoms with van der Waals surface area (Å²) in [5.74, 6) is -1.11. The molecule has 0 aliphatic rings. The summed E-state index contributed by atoms with van der Waals surface area (Å²) in [6, 6.07) is 10.4. The first kappa shape index (κ1) is 18.9. The van der Waals surface area contributed by atoms with E-state index in [2.05, 4.69) is 10.4 Å². The minimum Gasteiger partial charge on any atom is -0.493 e. The zero-order valence-electron chi connectivity index (χ0n) is 14.9. The molecular weight excluding hydrogens is 367 g/mol. The normalized spacial score (nSPS) is 10.4. The molecule has 8 nitrogen and oxygen atoms in total. The molecule has 0 aliphatic heterocycles. The summed E-state index contributed by atoms with van der Waals surface area (Å²) in [5.41, 5.74) is 5.86. The fraction of sp³-hybridized carbons (Fsp3) is 0.105. The summed E-state index contributed by atoms with van der Waals surface area (Å²) in [7, 11) is 1.40. The van der Waals surface area contributed by atoms with E-state index in [1.54, 1.807) is 24.5 Å². The molecule has 0 spiro atoms. The third kappa shape index (κ3) is 4.26. The average molecular weight is 384 g/mol. The van der Waals surface area contributed by atoms with Gasteiger partial charge in [0.2, 0.25) is 0 Å². The molecule has 0 atom stereocenters. The molecule has 0 radical (unpaired) electrons. The molecule has 0 bridgehead atoms. The van der Waals surface area contributed by atoms with Gasteiger partial charge >= 0.3 is 0 Å². The maximum atomic E-state index is 14.3. The Hall–Kier alpha value is -3.88. The molecule has 0 fully saturated rings. The van der Waals surface area contributed by atoms with E-state index in [0.29, 0.717) is 0 Å². The van der Waals surface area contributed by atoms with Crippen LogP contribution in [0.15, 0.2) is 54.9 Å². The SMILES string of the molecule is COc1cc(C(=O)Nc2ccc(-n3cccn3)c(F)c2)ccc1OCC(N)=O. The lowest BCUT2D eigenvalue weighted by Gasteiger charge is -2.12. The number of anilines is 1. The first-order chi connectivity index (χ1) is 13.5. The van der Waals surface area contributed by atoms with Crippen molar-refractivity contribution in [1.82, 2.24) is 9.78 Å². The van der Waals surface area contributed by atoms with Crippen LogP contribution in [-0.2, 0) is 4.79 Å². The van der Waals surface area contributed by atoms with Crippen LogP contribution in [0.5, 0.6) is 11.5 Å². The van der Waals surface area contributed by atoms with Crippen molar-refractivity contribution in [2.75, 3.05) is 19.0 Å². The Morgan fingerprint density at radius 3 is 2.68 bits per heavy atom.